The van der Waals surface area contributed by atoms with Gasteiger partial charge in [0.2, 0.25) is 0 Å². The molecule has 0 N–H and O–H groups in total. The van der Waals surface area contributed by atoms with Gasteiger partial charge in [-0.2, -0.15) is 0 Å². The molecule has 1 fully saturated rings. The minimum absolute atomic E-state index is 0.791. The predicted molar refractivity (Wildman–Crippen MR) is 59.2 cm³/mol. The summed E-state index contributed by atoms with van der Waals surface area (Å²) in [6.45, 7) is 2.50. The monoisotopic (exact) mass is 206 g/mol. The van der Waals surface area contributed by atoms with E-state index in [-0.39, 0.29) is 0 Å². The molecular weight excluding hydrogens is 192 g/mol. The first-order chi connectivity index (χ1) is 6.83. The lowest BCUT2D eigenvalue weighted by Gasteiger charge is -2.08. The zero-order valence-electron chi connectivity index (χ0n) is 8.31. The van der Waals surface area contributed by atoms with Gasteiger partial charge in [0.15, 0.2) is 0 Å². The highest BCUT2D eigenvalue weighted by atomic mass is 32.1. The van der Waals surface area contributed by atoms with Crippen molar-refractivity contribution in [3.63, 3.8) is 0 Å². The second kappa shape index (κ2) is 3.17. The molecule has 1 aliphatic carbocycles. The second-order valence-electron chi connectivity index (χ2n) is 4.38. The molecule has 2 aliphatic rings. The van der Waals surface area contributed by atoms with Crippen molar-refractivity contribution in [2.24, 2.45) is 11.8 Å². The lowest BCUT2D eigenvalue weighted by Crippen LogP contribution is -2.14. The van der Waals surface area contributed by atoms with Gasteiger partial charge in [-0.15, -0.1) is 11.3 Å². The fraction of sp³-hybridized carbons (Fsp3) is 0.545. The molecular formula is C11H14N2S. The van der Waals surface area contributed by atoms with Gasteiger partial charge in [0.25, 0.3) is 0 Å². The summed E-state index contributed by atoms with van der Waals surface area (Å²) < 4.78 is 0. The van der Waals surface area contributed by atoms with Crippen molar-refractivity contribution in [2.45, 2.75) is 6.42 Å². The molecule has 1 aromatic heterocycles. The molecule has 14 heavy (non-hydrogen) atoms. The summed E-state index contributed by atoms with van der Waals surface area (Å²) in [6, 6.07) is 0. The molecule has 74 valence electrons. The number of fused-ring (bicyclic) bond motifs is 1. The minimum atomic E-state index is 0.791. The van der Waals surface area contributed by atoms with E-state index in [9.17, 15) is 0 Å². The van der Waals surface area contributed by atoms with E-state index in [0.717, 1.165) is 11.8 Å². The number of rotatable bonds is 1. The predicted octanol–water partition coefficient (Wildman–Crippen LogP) is 2.11. The number of nitrogens with zero attached hydrogens (tertiary/aromatic N) is 2. The fourth-order valence-electron chi connectivity index (χ4n) is 2.67. The molecule has 0 aromatic carbocycles. The Morgan fingerprint density at radius 2 is 2.43 bits per heavy atom. The van der Waals surface area contributed by atoms with Gasteiger partial charge >= 0.3 is 0 Å². The standard InChI is InChI=1S/C11H14N2S/c1-13-6-9-4-8(5-10(9)7-13)11-12-2-3-14-11/h2-4,9-10H,5-7H2,1H3. The Balaban J connectivity index is 1.83. The Kier molecular flexibility index (Phi) is 1.96. The molecule has 0 bridgehead atoms. The molecule has 1 aromatic rings. The zero-order valence-corrected chi connectivity index (χ0v) is 9.13. The van der Waals surface area contributed by atoms with E-state index in [1.165, 1.54) is 30.1 Å². The summed E-state index contributed by atoms with van der Waals surface area (Å²) in [4.78, 5) is 6.82. The highest BCUT2D eigenvalue weighted by Gasteiger charge is 2.35. The van der Waals surface area contributed by atoms with Crippen LogP contribution in [0.5, 0.6) is 0 Å². The maximum atomic E-state index is 4.38. The summed E-state index contributed by atoms with van der Waals surface area (Å²) in [5, 5.41) is 3.30. The van der Waals surface area contributed by atoms with Crippen LogP contribution in [0.1, 0.15) is 11.4 Å². The summed E-state index contributed by atoms with van der Waals surface area (Å²) in [5.41, 5.74) is 1.49. The molecule has 1 aliphatic heterocycles. The third kappa shape index (κ3) is 1.31. The van der Waals surface area contributed by atoms with Gasteiger partial charge < -0.3 is 4.90 Å². The molecule has 0 saturated carbocycles. The van der Waals surface area contributed by atoms with E-state index >= 15 is 0 Å². The Labute approximate surface area is 88.3 Å². The first-order valence-corrected chi connectivity index (χ1v) is 6.00. The Bertz CT molecular complexity index is 355. The molecule has 2 heterocycles. The third-order valence-corrected chi connectivity index (χ3v) is 4.13. The number of hydrogen-bond acceptors (Lipinski definition) is 3. The van der Waals surface area contributed by atoms with E-state index in [1.807, 2.05) is 6.20 Å². The van der Waals surface area contributed by atoms with Crippen molar-refractivity contribution in [3.05, 3.63) is 22.7 Å². The average molecular weight is 206 g/mol. The first-order valence-electron chi connectivity index (χ1n) is 5.12. The van der Waals surface area contributed by atoms with Crippen molar-refractivity contribution in [1.29, 1.82) is 0 Å². The van der Waals surface area contributed by atoms with E-state index < -0.39 is 0 Å². The number of allylic oxidation sites excluding steroid dienone is 1. The number of aromatic nitrogens is 1. The Morgan fingerprint density at radius 3 is 3.14 bits per heavy atom. The van der Waals surface area contributed by atoms with Crippen LogP contribution >= 0.6 is 11.3 Å². The number of thiazole rings is 1. The van der Waals surface area contributed by atoms with Crippen molar-refractivity contribution < 1.29 is 0 Å². The lowest BCUT2D eigenvalue weighted by molar-refractivity contribution is 0.395. The van der Waals surface area contributed by atoms with Gasteiger partial charge in [-0.3, -0.25) is 0 Å². The summed E-state index contributed by atoms with van der Waals surface area (Å²) in [7, 11) is 2.22. The van der Waals surface area contributed by atoms with Crippen molar-refractivity contribution in [1.82, 2.24) is 9.88 Å². The molecule has 3 rings (SSSR count). The van der Waals surface area contributed by atoms with E-state index in [1.54, 1.807) is 11.3 Å². The van der Waals surface area contributed by atoms with Gasteiger partial charge in [0.05, 0.1) is 0 Å². The van der Waals surface area contributed by atoms with Crippen LogP contribution < -0.4 is 0 Å². The maximum Gasteiger partial charge on any atom is 0.118 e. The molecule has 2 nitrogen and oxygen atoms in total. The topological polar surface area (TPSA) is 16.1 Å². The van der Waals surface area contributed by atoms with Crippen LogP contribution in [0.3, 0.4) is 0 Å². The summed E-state index contributed by atoms with van der Waals surface area (Å²) in [5.74, 6) is 1.65. The lowest BCUT2D eigenvalue weighted by atomic mass is 10.00. The van der Waals surface area contributed by atoms with Crippen LogP contribution in [0.2, 0.25) is 0 Å². The number of likely N-dealkylation sites (tertiary alicyclic amines) is 1. The average Bonchev–Trinajstić information content (AvgIpc) is 2.74. The highest BCUT2D eigenvalue weighted by molar-refractivity contribution is 7.10. The van der Waals surface area contributed by atoms with E-state index in [0.29, 0.717) is 0 Å². The van der Waals surface area contributed by atoms with E-state index in [4.69, 9.17) is 0 Å². The van der Waals surface area contributed by atoms with Crippen molar-refractivity contribution in [3.8, 4) is 0 Å². The SMILES string of the molecule is CN1CC2C=C(c3nccs3)CC2C1. The molecule has 0 amide bonds. The van der Waals surface area contributed by atoms with Crippen LogP contribution in [-0.4, -0.2) is 30.0 Å². The Hall–Kier alpha value is -0.670. The largest absolute Gasteiger partial charge is 0.305 e. The van der Waals surface area contributed by atoms with Gasteiger partial charge in [-0.25, -0.2) is 4.98 Å². The highest BCUT2D eigenvalue weighted by Crippen LogP contribution is 2.40. The van der Waals surface area contributed by atoms with Crippen LogP contribution in [-0.2, 0) is 0 Å². The molecule has 1 saturated heterocycles. The van der Waals surface area contributed by atoms with Gasteiger partial charge in [0.1, 0.15) is 5.01 Å². The molecule has 0 spiro atoms. The normalized spacial score (nSPS) is 31.9. The van der Waals surface area contributed by atoms with Crippen molar-refractivity contribution in [2.75, 3.05) is 20.1 Å². The third-order valence-electron chi connectivity index (χ3n) is 3.28. The van der Waals surface area contributed by atoms with Gasteiger partial charge in [-0.1, -0.05) is 6.08 Å². The number of hydrogen-bond donors (Lipinski definition) is 0. The molecule has 0 radical (unpaired) electrons. The summed E-state index contributed by atoms with van der Waals surface area (Å²) >= 11 is 1.77. The second-order valence-corrected chi connectivity index (χ2v) is 5.27. The molecule has 2 atom stereocenters. The van der Waals surface area contributed by atoms with E-state index in [2.05, 4.69) is 28.4 Å². The van der Waals surface area contributed by atoms with Gasteiger partial charge in [-0.05, 0) is 30.9 Å². The Morgan fingerprint density at radius 1 is 1.50 bits per heavy atom. The van der Waals surface area contributed by atoms with Gasteiger partial charge in [0, 0.05) is 24.7 Å². The van der Waals surface area contributed by atoms with Crippen molar-refractivity contribution >= 4 is 16.9 Å². The fourth-order valence-corrected chi connectivity index (χ4v) is 3.35. The van der Waals surface area contributed by atoms with Crippen LogP contribution in [0.4, 0.5) is 0 Å². The van der Waals surface area contributed by atoms with Crippen LogP contribution in [0.25, 0.3) is 5.57 Å². The maximum absolute atomic E-state index is 4.38. The minimum Gasteiger partial charge on any atom is -0.305 e. The quantitative estimate of drug-likeness (QED) is 0.699. The first kappa shape index (κ1) is 8.62. The summed E-state index contributed by atoms with van der Waals surface area (Å²) in [6.07, 6.45) is 5.59. The molecule has 3 heteroatoms. The smallest absolute Gasteiger partial charge is 0.118 e. The zero-order chi connectivity index (χ0) is 9.54. The van der Waals surface area contributed by atoms with Crippen LogP contribution in [0, 0.1) is 11.8 Å². The van der Waals surface area contributed by atoms with Crippen LogP contribution in [0.15, 0.2) is 17.7 Å². The molecule has 2 unspecified atom stereocenters.